The number of rotatable bonds is 5. The summed E-state index contributed by atoms with van der Waals surface area (Å²) in [5, 5.41) is 7.60. The van der Waals surface area contributed by atoms with Gasteiger partial charge in [-0.05, 0) is 12.1 Å². The van der Waals surface area contributed by atoms with Gasteiger partial charge in [-0.2, -0.15) is 0 Å². The molecule has 0 aromatic carbocycles. The molecule has 0 aliphatic carbocycles. The maximum absolute atomic E-state index is 11.9. The molecule has 0 aliphatic rings. The highest BCUT2D eigenvalue weighted by Crippen LogP contribution is 2.25. The van der Waals surface area contributed by atoms with Gasteiger partial charge < -0.3 is 4.42 Å². The molecular formula is C10H12ClN3O3S2. The van der Waals surface area contributed by atoms with Crippen molar-refractivity contribution in [1.82, 2.24) is 14.9 Å². The van der Waals surface area contributed by atoms with E-state index in [0.29, 0.717) is 10.2 Å². The quantitative estimate of drug-likeness (QED) is 0.914. The smallest absolute Gasteiger partial charge is 0.250 e. The average Bonchev–Trinajstić information content (AvgIpc) is 2.95. The third kappa shape index (κ3) is 3.53. The molecule has 2 aromatic rings. The van der Waals surface area contributed by atoms with Crippen LogP contribution in [0.3, 0.4) is 0 Å². The highest BCUT2D eigenvalue weighted by molar-refractivity contribution is 7.91. The fourth-order valence-corrected chi connectivity index (χ4v) is 3.74. The first-order valence-electron chi connectivity index (χ1n) is 5.46. The van der Waals surface area contributed by atoms with Crippen LogP contribution in [0.2, 0.25) is 4.34 Å². The molecule has 0 bridgehead atoms. The molecule has 9 heteroatoms. The lowest BCUT2D eigenvalue weighted by molar-refractivity contribution is 0.427. The van der Waals surface area contributed by atoms with Crippen molar-refractivity contribution in [3.8, 4) is 0 Å². The van der Waals surface area contributed by atoms with Crippen LogP contribution >= 0.6 is 22.9 Å². The summed E-state index contributed by atoms with van der Waals surface area (Å²) in [4.78, 5) is 0. The van der Waals surface area contributed by atoms with Gasteiger partial charge in [0.05, 0.1) is 10.9 Å². The minimum atomic E-state index is -3.59. The Morgan fingerprint density at radius 3 is 2.68 bits per heavy atom. The fourth-order valence-electron chi connectivity index (χ4n) is 1.24. The van der Waals surface area contributed by atoms with Gasteiger partial charge in [-0.1, -0.05) is 25.4 Å². The summed E-state index contributed by atoms with van der Waals surface area (Å²) < 4.78 is 32.1. The minimum Gasteiger partial charge on any atom is -0.424 e. The largest absolute Gasteiger partial charge is 0.424 e. The molecular weight excluding hydrogens is 310 g/mol. The van der Waals surface area contributed by atoms with Gasteiger partial charge >= 0.3 is 0 Å². The Kier molecular flexibility index (Phi) is 4.24. The summed E-state index contributed by atoms with van der Waals surface area (Å²) >= 11 is 6.70. The maximum atomic E-state index is 11.9. The lowest BCUT2D eigenvalue weighted by Crippen LogP contribution is -2.22. The molecule has 2 heterocycles. The SMILES string of the molecule is CC(C)c1nnc(CNS(=O)(=O)c2ccc(Cl)s2)o1. The van der Waals surface area contributed by atoms with E-state index in [-0.39, 0.29) is 22.6 Å². The predicted octanol–water partition coefficient (Wildman–Crippen LogP) is 2.39. The standard InChI is InChI=1S/C10H12ClN3O3S2/c1-6(2)10-14-13-8(17-10)5-12-19(15,16)9-4-3-7(11)18-9/h3-4,6,12H,5H2,1-2H3. The van der Waals surface area contributed by atoms with E-state index >= 15 is 0 Å². The van der Waals surface area contributed by atoms with Crippen molar-refractivity contribution >= 4 is 33.0 Å². The Bertz CT molecular complexity index is 663. The Morgan fingerprint density at radius 1 is 1.42 bits per heavy atom. The van der Waals surface area contributed by atoms with Crippen LogP contribution in [0.25, 0.3) is 0 Å². The van der Waals surface area contributed by atoms with Crippen LogP contribution < -0.4 is 4.72 Å². The van der Waals surface area contributed by atoms with E-state index in [1.54, 1.807) is 0 Å². The first-order chi connectivity index (χ1) is 8.88. The second kappa shape index (κ2) is 5.58. The van der Waals surface area contributed by atoms with E-state index in [1.165, 1.54) is 12.1 Å². The van der Waals surface area contributed by atoms with Gasteiger partial charge in [-0.25, -0.2) is 13.1 Å². The molecule has 0 atom stereocenters. The summed E-state index contributed by atoms with van der Waals surface area (Å²) in [6.45, 7) is 3.78. The molecule has 2 rings (SSSR count). The number of halogens is 1. The number of aromatic nitrogens is 2. The number of hydrogen-bond acceptors (Lipinski definition) is 6. The zero-order chi connectivity index (χ0) is 14.0. The lowest BCUT2D eigenvalue weighted by Gasteiger charge is -2.01. The Morgan fingerprint density at radius 2 is 2.16 bits per heavy atom. The number of thiophene rings is 1. The summed E-state index contributed by atoms with van der Waals surface area (Å²) in [5.74, 6) is 0.817. The van der Waals surface area contributed by atoms with Gasteiger partial charge in [-0.15, -0.1) is 21.5 Å². The molecule has 2 aromatic heterocycles. The molecule has 0 radical (unpaired) electrons. The third-order valence-corrected chi connectivity index (χ3v) is 5.33. The normalized spacial score (nSPS) is 12.2. The van der Waals surface area contributed by atoms with Gasteiger partial charge in [0, 0.05) is 5.92 Å². The van der Waals surface area contributed by atoms with Crippen LogP contribution in [0.15, 0.2) is 20.8 Å². The maximum Gasteiger partial charge on any atom is 0.250 e. The van der Waals surface area contributed by atoms with Crippen molar-refractivity contribution in [2.75, 3.05) is 0 Å². The summed E-state index contributed by atoms with van der Waals surface area (Å²) in [6, 6.07) is 2.98. The van der Waals surface area contributed by atoms with Crippen molar-refractivity contribution in [3.05, 3.63) is 28.3 Å². The minimum absolute atomic E-state index is 0.0441. The molecule has 19 heavy (non-hydrogen) atoms. The average molecular weight is 322 g/mol. The van der Waals surface area contributed by atoms with Crippen LogP contribution in [0.4, 0.5) is 0 Å². The third-order valence-electron chi connectivity index (χ3n) is 2.20. The van der Waals surface area contributed by atoms with Crippen LogP contribution in [0.1, 0.15) is 31.5 Å². The van der Waals surface area contributed by atoms with Gasteiger partial charge in [0.2, 0.25) is 11.8 Å². The Balaban J connectivity index is 2.05. The topological polar surface area (TPSA) is 85.1 Å². The second-order valence-corrected chi connectivity index (χ2v) is 7.78. The molecule has 0 saturated carbocycles. The van der Waals surface area contributed by atoms with Crippen molar-refractivity contribution in [2.45, 2.75) is 30.5 Å². The van der Waals surface area contributed by atoms with Gasteiger partial charge in [0.1, 0.15) is 4.21 Å². The highest BCUT2D eigenvalue weighted by atomic mass is 35.5. The molecule has 6 nitrogen and oxygen atoms in total. The van der Waals surface area contributed by atoms with Crippen molar-refractivity contribution in [2.24, 2.45) is 0 Å². The first-order valence-corrected chi connectivity index (χ1v) is 8.13. The molecule has 0 fully saturated rings. The lowest BCUT2D eigenvalue weighted by atomic mass is 10.2. The van der Waals surface area contributed by atoms with Crippen LogP contribution in [-0.2, 0) is 16.6 Å². The summed E-state index contributed by atoms with van der Waals surface area (Å²) in [7, 11) is -3.59. The highest BCUT2D eigenvalue weighted by Gasteiger charge is 2.18. The number of hydrogen-bond donors (Lipinski definition) is 1. The van der Waals surface area contributed by atoms with Crippen molar-refractivity contribution in [1.29, 1.82) is 0 Å². The number of nitrogens with zero attached hydrogens (tertiary/aromatic N) is 2. The predicted molar refractivity (Wildman–Crippen MR) is 71.7 cm³/mol. The monoisotopic (exact) mass is 321 g/mol. The molecule has 0 unspecified atom stereocenters. The number of sulfonamides is 1. The van der Waals surface area contributed by atoms with Crippen molar-refractivity contribution < 1.29 is 12.8 Å². The summed E-state index contributed by atoms with van der Waals surface area (Å²) in [6.07, 6.45) is 0. The number of nitrogens with one attached hydrogen (secondary N) is 1. The van der Waals surface area contributed by atoms with Gasteiger partial charge in [0.15, 0.2) is 0 Å². The van der Waals surface area contributed by atoms with Crippen LogP contribution in [0.5, 0.6) is 0 Å². The fraction of sp³-hybridized carbons (Fsp3) is 0.400. The van der Waals surface area contributed by atoms with E-state index in [1.807, 2.05) is 13.8 Å². The molecule has 1 N–H and O–H groups in total. The molecule has 0 spiro atoms. The Hall–Kier alpha value is -0.960. The molecule has 0 aliphatic heterocycles. The zero-order valence-electron chi connectivity index (χ0n) is 10.3. The van der Waals surface area contributed by atoms with E-state index in [4.69, 9.17) is 16.0 Å². The Labute approximate surface area is 119 Å². The van der Waals surface area contributed by atoms with Crippen LogP contribution in [-0.4, -0.2) is 18.6 Å². The van der Waals surface area contributed by atoms with Crippen molar-refractivity contribution in [3.63, 3.8) is 0 Å². The summed E-state index contributed by atoms with van der Waals surface area (Å²) in [5.41, 5.74) is 0. The van der Waals surface area contributed by atoms with Crippen LogP contribution in [0, 0.1) is 0 Å². The first kappa shape index (κ1) is 14.4. The zero-order valence-corrected chi connectivity index (χ0v) is 12.6. The van der Waals surface area contributed by atoms with E-state index < -0.39 is 10.0 Å². The van der Waals surface area contributed by atoms with E-state index in [2.05, 4.69) is 14.9 Å². The van der Waals surface area contributed by atoms with E-state index in [0.717, 1.165) is 11.3 Å². The second-order valence-electron chi connectivity index (χ2n) is 4.07. The van der Waals surface area contributed by atoms with Gasteiger partial charge in [-0.3, -0.25) is 0 Å². The molecule has 104 valence electrons. The van der Waals surface area contributed by atoms with E-state index in [9.17, 15) is 8.42 Å². The van der Waals surface area contributed by atoms with Gasteiger partial charge in [0.25, 0.3) is 10.0 Å². The molecule has 0 amide bonds. The molecule has 0 saturated heterocycles.